The molecule has 1 aromatic heterocycles. The minimum absolute atomic E-state index is 0.00119. The number of aldehydes is 1. The van der Waals surface area contributed by atoms with E-state index in [-0.39, 0.29) is 6.42 Å². The molecule has 5 nitrogen and oxygen atoms in total. The van der Waals surface area contributed by atoms with E-state index in [0.29, 0.717) is 12.1 Å². The monoisotopic (exact) mass is 426 g/mol. The summed E-state index contributed by atoms with van der Waals surface area (Å²) < 4.78 is 2.20. The lowest BCUT2D eigenvalue weighted by molar-refractivity contribution is -0.136. The van der Waals surface area contributed by atoms with Crippen molar-refractivity contribution in [2.45, 2.75) is 39.2 Å². The summed E-state index contributed by atoms with van der Waals surface area (Å²) in [6.45, 7) is 2.83. The number of imidazole rings is 1. The maximum Gasteiger partial charge on any atom is 0.307 e. The summed E-state index contributed by atoms with van der Waals surface area (Å²) in [5.74, 6) is 0.191. The molecule has 162 valence electrons. The molecule has 0 atom stereocenters. The van der Waals surface area contributed by atoms with Gasteiger partial charge in [0.2, 0.25) is 0 Å². The average molecular weight is 427 g/mol. The number of nitrogens with zero attached hydrogens (tertiary/aromatic N) is 2. The first-order chi connectivity index (χ1) is 15.6. The zero-order valence-corrected chi connectivity index (χ0v) is 18.1. The van der Waals surface area contributed by atoms with Gasteiger partial charge in [-0.25, -0.2) is 4.98 Å². The summed E-state index contributed by atoms with van der Waals surface area (Å²) in [5, 5.41) is 9.21. The second-order valence-corrected chi connectivity index (χ2v) is 8.01. The third-order valence-electron chi connectivity index (χ3n) is 5.71. The number of carboxylic acids is 1. The van der Waals surface area contributed by atoms with Crippen LogP contribution in [0.25, 0.3) is 22.2 Å². The second-order valence-electron chi connectivity index (χ2n) is 8.01. The van der Waals surface area contributed by atoms with Crippen LogP contribution in [0.1, 0.15) is 47.1 Å². The highest BCUT2D eigenvalue weighted by Crippen LogP contribution is 2.26. The molecule has 0 fully saturated rings. The minimum Gasteiger partial charge on any atom is -0.481 e. The summed E-state index contributed by atoms with van der Waals surface area (Å²) in [6.07, 6.45) is 3.91. The Morgan fingerprint density at radius 3 is 2.56 bits per heavy atom. The Hall–Kier alpha value is -3.73. The highest BCUT2D eigenvalue weighted by atomic mass is 16.4. The van der Waals surface area contributed by atoms with Crippen LogP contribution in [0.2, 0.25) is 0 Å². The van der Waals surface area contributed by atoms with Crippen LogP contribution in [-0.4, -0.2) is 26.9 Å². The van der Waals surface area contributed by atoms with E-state index in [4.69, 9.17) is 4.98 Å². The molecule has 1 N–H and O–H groups in total. The van der Waals surface area contributed by atoms with Crippen LogP contribution < -0.4 is 0 Å². The van der Waals surface area contributed by atoms with Gasteiger partial charge in [0.1, 0.15) is 12.1 Å². The molecule has 32 heavy (non-hydrogen) atoms. The van der Waals surface area contributed by atoms with Crippen molar-refractivity contribution in [2.75, 3.05) is 0 Å². The number of aromatic nitrogens is 2. The number of aryl methyl sites for hydroxylation is 1. The molecule has 5 heteroatoms. The quantitative estimate of drug-likeness (QED) is 0.357. The average Bonchev–Trinajstić information content (AvgIpc) is 3.14. The first kappa shape index (κ1) is 21.5. The number of aliphatic carboxylic acids is 1. The number of unbranched alkanes of at least 4 members (excludes halogenated alkanes) is 1. The largest absolute Gasteiger partial charge is 0.481 e. The molecule has 3 aromatic carbocycles. The van der Waals surface area contributed by atoms with Gasteiger partial charge >= 0.3 is 5.97 Å². The predicted octanol–water partition coefficient (Wildman–Crippen LogP) is 5.53. The molecule has 0 aliphatic heterocycles. The summed E-state index contributed by atoms with van der Waals surface area (Å²) in [7, 11) is 0. The lowest BCUT2D eigenvalue weighted by Crippen LogP contribution is -2.06. The number of carbonyl (C=O) groups excluding carboxylic acids is 1. The molecule has 0 amide bonds. The molecule has 0 aliphatic rings. The number of carboxylic acid groups (broad SMARTS) is 1. The number of carbonyl (C=O) groups is 2. The van der Waals surface area contributed by atoms with Gasteiger partial charge < -0.3 is 9.67 Å². The molecule has 1 heterocycles. The molecular weight excluding hydrogens is 400 g/mol. The molecule has 0 saturated heterocycles. The van der Waals surface area contributed by atoms with E-state index in [1.807, 2.05) is 48.5 Å². The molecular formula is C27H26N2O3. The van der Waals surface area contributed by atoms with Crippen molar-refractivity contribution in [3.63, 3.8) is 0 Å². The van der Waals surface area contributed by atoms with E-state index in [1.54, 1.807) is 6.07 Å². The number of hydrogen-bond donors (Lipinski definition) is 1. The normalized spacial score (nSPS) is 11.0. The van der Waals surface area contributed by atoms with Gasteiger partial charge in [-0.05, 0) is 46.9 Å². The Morgan fingerprint density at radius 1 is 1.06 bits per heavy atom. The van der Waals surface area contributed by atoms with Gasteiger partial charge in [-0.2, -0.15) is 0 Å². The van der Waals surface area contributed by atoms with Gasteiger partial charge in [-0.3, -0.25) is 9.59 Å². The van der Waals surface area contributed by atoms with Gasteiger partial charge in [0.15, 0.2) is 0 Å². The van der Waals surface area contributed by atoms with Crippen LogP contribution in [-0.2, 0) is 24.2 Å². The van der Waals surface area contributed by atoms with Crippen molar-refractivity contribution < 1.29 is 14.7 Å². The van der Waals surface area contributed by atoms with Crippen molar-refractivity contribution in [2.24, 2.45) is 0 Å². The summed E-state index contributed by atoms with van der Waals surface area (Å²) in [4.78, 5) is 27.3. The molecule has 0 aliphatic carbocycles. The van der Waals surface area contributed by atoms with Crippen molar-refractivity contribution in [3.8, 4) is 11.1 Å². The predicted molar refractivity (Wildman–Crippen MR) is 126 cm³/mol. The minimum atomic E-state index is -0.838. The molecule has 0 spiro atoms. The van der Waals surface area contributed by atoms with Crippen molar-refractivity contribution in [1.82, 2.24) is 9.55 Å². The Bertz CT molecular complexity index is 1260. The smallest absolute Gasteiger partial charge is 0.307 e. The molecule has 0 unspecified atom stereocenters. The van der Waals surface area contributed by atoms with Crippen molar-refractivity contribution in [1.29, 1.82) is 0 Å². The molecule has 4 aromatic rings. The Balaban J connectivity index is 1.67. The Labute approximate surface area is 187 Å². The maximum absolute atomic E-state index is 11.3. The van der Waals surface area contributed by atoms with Crippen LogP contribution in [0.5, 0.6) is 0 Å². The molecule has 4 rings (SSSR count). The number of rotatable bonds is 9. The van der Waals surface area contributed by atoms with E-state index in [0.717, 1.165) is 64.7 Å². The Kier molecular flexibility index (Phi) is 6.45. The van der Waals surface area contributed by atoms with Gasteiger partial charge in [-0.1, -0.05) is 61.9 Å². The second kappa shape index (κ2) is 9.60. The summed E-state index contributed by atoms with van der Waals surface area (Å²) in [5.41, 5.74) is 6.38. The summed E-state index contributed by atoms with van der Waals surface area (Å²) in [6, 6.07) is 21.5. The van der Waals surface area contributed by atoms with Gasteiger partial charge in [0.25, 0.3) is 0 Å². The van der Waals surface area contributed by atoms with Gasteiger partial charge in [0.05, 0.1) is 17.5 Å². The Morgan fingerprint density at radius 2 is 1.84 bits per heavy atom. The van der Waals surface area contributed by atoms with E-state index in [2.05, 4.69) is 23.6 Å². The van der Waals surface area contributed by atoms with E-state index >= 15 is 0 Å². The van der Waals surface area contributed by atoms with E-state index in [1.165, 1.54) is 0 Å². The zero-order valence-electron chi connectivity index (χ0n) is 18.1. The SMILES string of the molecule is CCCCc1nc2ccc(C=O)cc2n1Cc1ccc(-c2ccccc2CC(=O)O)cc1. The lowest BCUT2D eigenvalue weighted by atomic mass is 9.97. The zero-order chi connectivity index (χ0) is 22.5. The number of benzene rings is 3. The van der Waals surface area contributed by atoms with Crippen LogP contribution in [0.15, 0.2) is 66.7 Å². The van der Waals surface area contributed by atoms with E-state index in [9.17, 15) is 14.7 Å². The third-order valence-corrected chi connectivity index (χ3v) is 5.71. The van der Waals surface area contributed by atoms with Gasteiger partial charge in [0, 0.05) is 18.5 Å². The van der Waals surface area contributed by atoms with Crippen molar-refractivity contribution in [3.05, 3.63) is 89.2 Å². The van der Waals surface area contributed by atoms with Gasteiger partial charge in [-0.15, -0.1) is 0 Å². The fraction of sp³-hybridized carbons (Fsp3) is 0.222. The fourth-order valence-electron chi connectivity index (χ4n) is 4.06. The van der Waals surface area contributed by atoms with Crippen LogP contribution >= 0.6 is 0 Å². The lowest BCUT2D eigenvalue weighted by Gasteiger charge is -2.12. The topological polar surface area (TPSA) is 72.2 Å². The first-order valence-corrected chi connectivity index (χ1v) is 10.9. The highest BCUT2D eigenvalue weighted by Gasteiger charge is 2.13. The van der Waals surface area contributed by atoms with Crippen LogP contribution in [0.4, 0.5) is 0 Å². The van der Waals surface area contributed by atoms with Crippen LogP contribution in [0, 0.1) is 0 Å². The molecule has 0 radical (unpaired) electrons. The van der Waals surface area contributed by atoms with Crippen LogP contribution in [0.3, 0.4) is 0 Å². The number of fused-ring (bicyclic) bond motifs is 1. The van der Waals surface area contributed by atoms with Crippen molar-refractivity contribution >= 4 is 23.3 Å². The standard InChI is InChI=1S/C27H26N2O3/c1-2-3-8-26-28-24-14-11-20(18-30)15-25(24)29(26)17-19-9-12-21(13-10-19)23-7-5-4-6-22(23)16-27(31)32/h4-7,9-15,18H,2-3,8,16-17H2,1H3,(H,31,32). The highest BCUT2D eigenvalue weighted by molar-refractivity contribution is 5.85. The van der Waals surface area contributed by atoms with E-state index < -0.39 is 5.97 Å². The maximum atomic E-state index is 11.3. The molecule has 0 bridgehead atoms. The number of hydrogen-bond acceptors (Lipinski definition) is 3. The summed E-state index contributed by atoms with van der Waals surface area (Å²) >= 11 is 0. The fourth-order valence-corrected chi connectivity index (χ4v) is 4.06. The molecule has 0 saturated carbocycles. The third kappa shape index (κ3) is 4.62. The first-order valence-electron chi connectivity index (χ1n) is 10.9.